The molecule has 3 rings (SSSR count). The fourth-order valence-electron chi connectivity index (χ4n) is 4.95. The second kappa shape index (κ2) is 10.5. The van der Waals surface area contributed by atoms with Crippen molar-refractivity contribution < 1.29 is 33.4 Å². The van der Waals surface area contributed by atoms with Gasteiger partial charge in [-0.05, 0) is 69.4 Å². The predicted molar refractivity (Wildman–Crippen MR) is 142 cm³/mol. The van der Waals surface area contributed by atoms with Gasteiger partial charge in [0.1, 0.15) is 29.0 Å². The Hall–Kier alpha value is -3.27. The number of aryl methyl sites for hydroxylation is 2. The molecule has 1 fully saturated rings. The van der Waals surface area contributed by atoms with Crippen LogP contribution in [0.3, 0.4) is 0 Å². The Bertz CT molecular complexity index is 1110. The summed E-state index contributed by atoms with van der Waals surface area (Å²) < 4.78 is 15.9. The Morgan fingerprint density at radius 2 is 1.71 bits per heavy atom. The van der Waals surface area contributed by atoms with Crippen LogP contribution < -0.4 is 15.5 Å². The molecule has 1 aromatic rings. The number of likely N-dealkylation sites (tertiary alicyclic amines) is 1. The third kappa shape index (κ3) is 6.23. The topological polar surface area (TPSA) is 115 Å². The van der Waals surface area contributed by atoms with E-state index in [9.17, 15) is 14.4 Å². The number of alkyl carbamates (subject to hydrolysis) is 1. The van der Waals surface area contributed by atoms with Crippen LogP contribution in [-0.4, -0.2) is 66.9 Å². The molecule has 2 N–H and O–H groups in total. The Morgan fingerprint density at radius 3 is 2.21 bits per heavy atom. The molecule has 0 aliphatic carbocycles. The number of rotatable bonds is 5. The van der Waals surface area contributed by atoms with Crippen LogP contribution in [0.5, 0.6) is 5.75 Å². The SMILES string of the molecule is COC(=O)[C@@H]1C[C@]2(C=C(c3cc(C)c(OC)c(C)c3)NO2)CN1C(=O)[C@@H](NC(=O)OC(C)(C)C)C(C)(C)C. The van der Waals surface area contributed by atoms with Crippen LogP contribution in [0.4, 0.5) is 4.79 Å². The lowest BCUT2D eigenvalue weighted by Gasteiger charge is -2.35. The number of amides is 2. The first-order valence-corrected chi connectivity index (χ1v) is 12.7. The molecule has 0 saturated carbocycles. The number of esters is 1. The number of carbonyl (C=O) groups excluding carboxylic acids is 3. The summed E-state index contributed by atoms with van der Waals surface area (Å²) in [6, 6.07) is 2.13. The molecule has 3 atom stereocenters. The van der Waals surface area contributed by atoms with E-state index in [1.165, 1.54) is 12.0 Å². The molecule has 2 amide bonds. The second-order valence-corrected chi connectivity index (χ2v) is 12.1. The molecule has 2 heterocycles. The molecule has 0 radical (unpaired) electrons. The lowest BCUT2D eigenvalue weighted by atomic mass is 9.85. The van der Waals surface area contributed by atoms with Gasteiger partial charge in [-0.15, -0.1) is 0 Å². The van der Waals surface area contributed by atoms with Crippen molar-refractivity contribution in [2.24, 2.45) is 5.41 Å². The number of nitrogens with one attached hydrogen (secondary N) is 2. The predicted octanol–water partition coefficient (Wildman–Crippen LogP) is 3.64. The van der Waals surface area contributed by atoms with E-state index in [0.29, 0.717) is 0 Å². The number of hydrogen-bond donors (Lipinski definition) is 2. The number of methoxy groups -OCH3 is 2. The molecular weight excluding hydrogens is 490 g/mol. The summed E-state index contributed by atoms with van der Waals surface area (Å²) in [6.45, 7) is 14.8. The summed E-state index contributed by atoms with van der Waals surface area (Å²) in [6.07, 6.45) is 1.39. The van der Waals surface area contributed by atoms with Gasteiger partial charge in [0, 0.05) is 12.0 Å². The van der Waals surface area contributed by atoms with E-state index >= 15 is 0 Å². The average molecular weight is 532 g/mol. The zero-order valence-corrected chi connectivity index (χ0v) is 24.1. The molecule has 2 aliphatic rings. The highest BCUT2D eigenvalue weighted by atomic mass is 16.7. The Kier molecular flexibility index (Phi) is 8.07. The molecule has 210 valence electrons. The zero-order valence-electron chi connectivity index (χ0n) is 24.1. The third-order valence-corrected chi connectivity index (χ3v) is 6.63. The van der Waals surface area contributed by atoms with Crippen molar-refractivity contribution in [3.8, 4) is 5.75 Å². The maximum absolute atomic E-state index is 13.9. The Balaban J connectivity index is 1.93. The van der Waals surface area contributed by atoms with Gasteiger partial charge < -0.3 is 24.4 Å². The molecular formula is C28H41N3O7. The van der Waals surface area contributed by atoms with Gasteiger partial charge in [0.2, 0.25) is 5.91 Å². The van der Waals surface area contributed by atoms with Crippen molar-refractivity contribution in [1.82, 2.24) is 15.7 Å². The maximum atomic E-state index is 13.9. The van der Waals surface area contributed by atoms with Crippen LogP contribution in [0.25, 0.3) is 5.70 Å². The number of nitrogens with zero attached hydrogens (tertiary/aromatic N) is 1. The summed E-state index contributed by atoms with van der Waals surface area (Å²) in [5.41, 5.74) is 4.22. The van der Waals surface area contributed by atoms with E-state index < -0.39 is 46.7 Å². The number of hydroxylamine groups is 1. The van der Waals surface area contributed by atoms with Crippen LogP contribution in [0, 0.1) is 19.3 Å². The van der Waals surface area contributed by atoms with Gasteiger partial charge in [0.05, 0.1) is 26.5 Å². The highest BCUT2D eigenvalue weighted by Crippen LogP contribution is 2.40. The number of benzene rings is 1. The monoisotopic (exact) mass is 531 g/mol. The molecule has 38 heavy (non-hydrogen) atoms. The van der Waals surface area contributed by atoms with Crippen molar-refractivity contribution in [3.05, 3.63) is 34.9 Å². The zero-order chi connectivity index (χ0) is 28.6. The lowest BCUT2D eigenvalue weighted by molar-refractivity contribution is -0.152. The second-order valence-electron chi connectivity index (χ2n) is 12.1. The number of carbonyl (C=O) groups is 3. The minimum Gasteiger partial charge on any atom is -0.496 e. The van der Waals surface area contributed by atoms with Crippen LogP contribution >= 0.6 is 0 Å². The molecule has 10 nitrogen and oxygen atoms in total. The lowest BCUT2D eigenvalue weighted by Crippen LogP contribution is -2.57. The number of hydrogen-bond acceptors (Lipinski definition) is 8. The summed E-state index contributed by atoms with van der Waals surface area (Å²) >= 11 is 0. The van der Waals surface area contributed by atoms with E-state index in [0.717, 1.165) is 28.1 Å². The van der Waals surface area contributed by atoms with Gasteiger partial charge in [-0.25, -0.2) is 9.59 Å². The van der Waals surface area contributed by atoms with Crippen LogP contribution in [0.15, 0.2) is 18.2 Å². The Labute approximate surface area is 225 Å². The van der Waals surface area contributed by atoms with Gasteiger partial charge in [0.15, 0.2) is 0 Å². The van der Waals surface area contributed by atoms with Crippen LogP contribution in [0.2, 0.25) is 0 Å². The first-order chi connectivity index (χ1) is 17.5. The van der Waals surface area contributed by atoms with Crippen LogP contribution in [0.1, 0.15) is 64.7 Å². The molecule has 0 aromatic heterocycles. The van der Waals surface area contributed by atoms with E-state index in [-0.39, 0.29) is 13.0 Å². The van der Waals surface area contributed by atoms with Crippen molar-refractivity contribution in [1.29, 1.82) is 0 Å². The maximum Gasteiger partial charge on any atom is 0.408 e. The number of ether oxygens (including phenoxy) is 3. The first kappa shape index (κ1) is 29.3. The standard InChI is InChI=1S/C28H41N3O7/c1-16-11-18(12-17(2)21(16)35-9)19-13-28(38-30-19)14-20(24(33)36-10)31(15-28)23(32)22(26(3,4)5)29-25(34)37-27(6,7)8/h11-13,20,22,30H,14-15H2,1-10H3,(H,29,34)/t20-,22+,28+/m0/s1. The smallest absolute Gasteiger partial charge is 0.408 e. The van der Waals surface area contributed by atoms with Gasteiger partial charge in [-0.1, -0.05) is 20.8 Å². The molecule has 0 bridgehead atoms. The van der Waals surface area contributed by atoms with Crippen molar-refractivity contribution >= 4 is 23.7 Å². The van der Waals surface area contributed by atoms with E-state index in [4.69, 9.17) is 19.0 Å². The Morgan fingerprint density at radius 1 is 1.11 bits per heavy atom. The summed E-state index contributed by atoms with van der Waals surface area (Å²) in [5.74, 6) is -0.156. The summed E-state index contributed by atoms with van der Waals surface area (Å²) in [5, 5.41) is 2.72. The molecule has 2 aliphatic heterocycles. The normalized spacial score (nSPS) is 22.0. The molecule has 1 aromatic carbocycles. The molecule has 1 saturated heterocycles. The van der Waals surface area contributed by atoms with Crippen LogP contribution in [-0.2, 0) is 23.9 Å². The quantitative estimate of drug-likeness (QED) is 0.554. The highest BCUT2D eigenvalue weighted by Gasteiger charge is 2.54. The first-order valence-electron chi connectivity index (χ1n) is 12.7. The summed E-state index contributed by atoms with van der Waals surface area (Å²) in [7, 11) is 2.92. The summed E-state index contributed by atoms with van der Waals surface area (Å²) in [4.78, 5) is 46.8. The van der Waals surface area contributed by atoms with Gasteiger partial charge >= 0.3 is 12.1 Å². The molecule has 10 heteroatoms. The molecule has 1 spiro atoms. The van der Waals surface area contributed by atoms with E-state index in [1.807, 2.05) is 52.8 Å². The van der Waals surface area contributed by atoms with Crippen molar-refractivity contribution in [2.75, 3.05) is 20.8 Å². The minimum atomic E-state index is -0.958. The molecule has 0 unspecified atom stereocenters. The van der Waals surface area contributed by atoms with E-state index in [1.54, 1.807) is 27.9 Å². The minimum absolute atomic E-state index is 0.0960. The van der Waals surface area contributed by atoms with Crippen molar-refractivity contribution in [2.45, 2.75) is 85.1 Å². The van der Waals surface area contributed by atoms with E-state index in [2.05, 4.69) is 10.8 Å². The largest absolute Gasteiger partial charge is 0.496 e. The average Bonchev–Trinajstić information content (AvgIpc) is 3.38. The van der Waals surface area contributed by atoms with Gasteiger partial charge in [-0.2, -0.15) is 0 Å². The van der Waals surface area contributed by atoms with Gasteiger partial charge in [0.25, 0.3) is 0 Å². The highest BCUT2D eigenvalue weighted by molar-refractivity contribution is 5.91. The fraction of sp³-hybridized carbons (Fsp3) is 0.607. The third-order valence-electron chi connectivity index (χ3n) is 6.63. The van der Waals surface area contributed by atoms with Crippen molar-refractivity contribution in [3.63, 3.8) is 0 Å². The van der Waals surface area contributed by atoms with Gasteiger partial charge in [-0.3, -0.25) is 15.1 Å². The fourth-order valence-corrected chi connectivity index (χ4v) is 4.95.